The van der Waals surface area contributed by atoms with Gasteiger partial charge in [0.1, 0.15) is 41.8 Å². The van der Waals surface area contributed by atoms with Crippen molar-refractivity contribution in [1.82, 2.24) is 0 Å². The zero-order valence-electron chi connectivity index (χ0n) is 32.9. The van der Waals surface area contributed by atoms with Gasteiger partial charge < -0.3 is 24.1 Å². The van der Waals surface area contributed by atoms with Crippen LogP contribution in [0, 0.1) is 6.92 Å². The highest BCUT2D eigenvalue weighted by atomic mass is 16.5. The number of phenolic OH excluding ortho intramolecular Hbond substituents is 1. The van der Waals surface area contributed by atoms with Crippen molar-refractivity contribution in [2.24, 2.45) is 0 Å². The van der Waals surface area contributed by atoms with Gasteiger partial charge in [0.15, 0.2) is 0 Å². The van der Waals surface area contributed by atoms with Crippen LogP contribution in [0.1, 0.15) is 128 Å². The number of unbranched alkanes of at least 4 members (excludes halogenated alkanes) is 4. The molecule has 0 radical (unpaired) electrons. The molecule has 1 heterocycles. The minimum Gasteiger partial charge on any atom is -0.508 e. The number of aromatic hydroxyl groups is 1. The molecule has 0 saturated heterocycles. The number of aryl methyl sites for hydroxylation is 3. The second-order valence-electron chi connectivity index (χ2n) is 15.0. The molecule has 51 heavy (non-hydrogen) atoms. The van der Waals surface area contributed by atoms with Crippen molar-refractivity contribution in [3.63, 3.8) is 0 Å². The molecule has 1 aliphatic heterocycles. The van der Waals surface area contributed by atoms with Crippen molar-refractivity contribution in [2.45, 2.75) is 132 Å². The van der Waals surface area contributed by atoms with Crippen molar-refractivity contribution in [1.29, 1.82) is 0 Å². The topological polar surface area (TPSA) is 57.2 Å². The molecule has 0 fully saturated rings. The van der Waals surface area contributed by atoms with Crippen LogP contribution in [-0.2, 0) is 29.6 Å². The van der Waals surface area contributed by atoms with Crippen molar-refractivity contribution >= 4 is 0 Å². The predicted octanol–water partition coefficient (Wildman–Crippen LogP) is 12.2. The average molecular weight is 697 g/mol. The van der Waals surface area contributed by atoms with Gasteiger partial charge in [-0.15, -0.1) is 0 Å². The van der Waals surface area contributed by atoms with Gasteiger partial charge in [0.2, 0.25) is 0 Å². The summed E-state index contributed by atoms with van der Waals surface area (Å²) >= 11 is 0. The first-order chi connectivity index (χ1) is 24.5. The lowest BCUT2D eigenvalue weighted by atomic mass is 9.84. The number of allylic oxidation sites excluding steroid dienone is 4. The van der Waals surface area contributed by atoms with Crippen LogP contribution in [0.25, 0.3) is 11.1 Å². The number of ether oxygens (including phenoxy) is 4. The van der Waals surface area contributed by atoms with Crippen LogP contribution >= 0.6 is 0 Å². The van der Waals surface area contributed by atoms with Gasteiger partial charge in [-0.1, -0.05) is 86.6 Å². The summed E-state index contributed by atoms with van der Waals surface area (Å²) in [7, 11) is 0. The summed E-state index contributed by atoms with van der Waals surface area (Å²) in [6.07, 6.45) is 16.1. The molecule has 0 unspecified atom stereocenters. The maximum absolute atomic E-state index is 11.1. The Kier molecular flexibility index (Phi) is 15.5. The molecule has 1 aliphatic rings. The maximum atomic E-state index is 11.1. The van der Waals surface area contributed by atoms with Crippen LogP contribution < -0.4 is 14.2 Å². The summed E-state index contributed by atoms with van der Waals surface area (Å²) in [5.41, 5.74) is 10.0. The fourth-order valence-electron chi connectivity index (χ4n) is 6.78. The summed E-state index contributed by atoms with van der Waals surface area (Å²) in [4.78, 5) is 0. The van der Waals surface area contributed by atoms with Crippen LogP contribution in [-0.4, -0.2) is 31.5 Å². The molecule has 1 N–H and O–H groups in total. The molecule has 3 aromatic rings. The fourth-order valence-corrected chi connectivity index (χ4v) is 6.78. The van der Waals surface area contributed by atoms with Gasteiger partial charge in [0.25, 0.3) is 0 Å². The molecule has 0 atom stereocenters. The van der Waals surface area contributed by atoms with Gasteiger partial charge >= 0.3 is 0 Å². The predicted molar refractivity (Wildman–Crippen MR) is 213 cm³/mol. The Morgan fingerprint density at radius 2 is 1.43 bits per heavy atom. The Morgan fingerprint density at radius 3 is 2.10 bits per heavy atom. The third-order valence-corrected chi connectivity index (χ3v) is 9.68. The fraction of sp³-hybridized carbons (Fsp3) is 0.522. The monoisotopic (exact) mass is 696 g/mol. The SMILES string of the molecule is CCCCCc1cc(O)c(C/C=C(\C)CCC=C(C)C)c(OCCOCCOc2cc(CCCCC)cc3c2-c2cc(C)ccc2C(C)(C)O3)c1. The lowest BCUT2D eigenvalue weighted by molar-refractivity contribution is 0.0755. The van der Waals surface area contributed by atoms with Gasteiger partial charge in [-0.2, -0.15) is 0 Å². The third kappa shape index (κ3) is 11.9. The van der Waals surface area contributed by atoms with E-state index in [-0.39, 0.29) is 0 Å². The molecule has 0 amide bonds. The van der Waals surface area contributed by atoms with E-state index < -0.39 is 5.60 Å². The Balaban J connectivity index is 1.40. The zero-order valence-corrected chi connectivity index (χ0v) is 32.9. The van der Waals surface area contributed by atoms with E-state index in [2.05, 4.69) is 104 Å². The Labute approximate surface area is 309 Å². The normalized spacial score (nSPS) is 13.3. The van der Waals surface area contributed by atoms with Crippen molar-refractivity contribution in [3.05, 3.63) is 93.6 Å². The van der Waals surface area contributed by atoms with Gasteiger partial charge in [-0.05, 0) is 127 Å². The zero-order chi connectivity index (χ0) is 36.8. The van der Waals surface area contributed by atoms with Gasteiger partial charge in [0, 0.05) is 11.1 Å². The average Bonchev–Trinajstić information content (AvgIpc) is 3.07. The Bertz CT molecular complexity index is 1630. The minimum absolute atomic E-state index is 0.311. The highest BCUT2D eigenvalue weighted by molar-refractivity contribution is 5.82. The summed E-state index contributed by atoms with van der Waals surface area (Å²) in [5, 5.41) is 11.1. The molecule has 0 saturated carbocycles. The highest BCUT2D eigenvalue weighted by Crippen LogP contribution is 2.50. The van der Waals surface area contributed by atoms with Crippen molar-refractivity contribution in [3.8, 4) is 34.1 Å². The molecule has 0 spiro atoms. The second-order valence-corrected chi connectivity index (χ2v) is 15.0. The Morgan fingerprint density at radius 1 is 0.784 bits per heavy atom. The van der Waals surface area contributed by atoms with E-state index >= 15 is 0 Å². The summed E-state index contributed by atoms with van der Waals surface area (Å²) in [6, 6.07) is 15.0. The highest BCUT2D eigenvalue weighted by Gasteiger charge is 2.34. The number of rotatable bonds is 21. The largest absolute Gasteiger partial charge is 0.508 e. The minimum atomic E-state index is -0.426. The summed E-state index contributed by atoms with van der Waals surface area (Å²) in [5.74, 6) is 2.81. The van der Waals surface area contributed by atoms with Crippen LogP contribution in [0.5, 0.6) is 23.0 Å². The van der Waals surface area contributed by atoms with Gasteiger partial charge in [-0.3, -0.25) is 0 Å². The quantitative estimate of drug-likeness (QED) is 0.0887. The standard InChI is InChI=1S/C46H64O5/c1-9-11-13-18-36-29-41(47)38(22-20-34(5)17-15-16-33(3)4)42(30-36)49-26-24-48-25-27-50-43-31-37(19-14-12-10-2)32-44-45(43)39-28-35(6)21-23-40(39)46(7,8)51-44/h16,20-21,23,28-32,47H,9-15,17-19,22,24-27H2,1-8H3/b34-20+. The molecular weight excluding hydrogens is 633 g/mol. The third-order valence-electron chi connectivity index (χ3n) is 9.68. The van der Waals surface area contributed by atoms with Crippen LogP contribution in [0.2, 0.25) is 0 Å². The molecule has 0 bridgehead atoms. The van der Waals surface area contributed by atoms with Crippen LogP contribution in [0.3, 0.4) is 0 Å². The first-order valence-electron chi connectivity index (χ1n) is 19.5. The van der Waals surface area contributed by atoms with Crippen molar-refractivity contribution < 1.29 is 24.1 Å². The van der Waals surface area contributed by atoms with E-state index in [9.17, 15) is 5.11 Å². The second kappa shape index (κ2) is 19.8. The molecule has 5 nitrogen and oxygen atoms in total. The molecule has 5 heteroatoms. The maximum Gasteiger partial charge on any atom is 0.132 e. The summed E-state index contributed by atoms with van der Waals surface area (Å²) < 4.78 is 25.5. The van der Waals surface area contributed by atoms with Crippen LogP contribution in [0.4, 0.5) is 0 Å². The first kappa shape index (κ1) is 40.1. The van der Waals surface area contributed by atoms with E-state index in [1.165, 1.54) is 52.7 Å². The lowest BCUT2D eigenvalue weighted by Crippen LogP contribution is -2.29. The molecular formula is C46H64O5. The number of phenols is 1. The molecule has 0 aromatic heterocycles. The number of benzene rings is 3. The van der Waals surface area contributed by atoms with Crippen molar-refractivity contribution in [2.75, 3.05) is 26.4 Å². The molecule has 3 aromatic carbocycles. The van der Waals surface area contributed by atoms with Crippen LogP contribution in [0.15, 0.2) is 65.8 Å². The lowest BCUT2D eigenvalue weighted by Gasteiger charge is -2.36. The number of hydrogen-bond donors (Lipinski definition) is 1. The number of fused-ring (bicyclic) bond motifs is 3. The van der Waals surface area contributed by atoms with E-state index in [1.54, 1.807) is 0 Å². The first-order valence-corrected chi connectivity index (χ1v) is 19.5. The number of hydrogen-bond acceptors (Lipinski definition) is 5. The van der Waals surface area contributed by atoms with E-state index in [4.69, 9.17) is 18.9 Å². The summed E-state index contributed by atoms with van der Waals surface area (Å²) in [6.45, 7) is 19.0. The van der Waals surface area contributed by atoms with Gasteiger partial charge in [-0.25, -0.2) is 0 Å². The molecule has 0 aliphatic carbocycles. The molecule has 278 valence electrons. The van der Waals surface area contributed by atoms with E-state index in [0.717, 1.165) is 78.9 Å². The Hall–Kier alpha value is -3.70. The molecule has 4 rings (SSSR count). The van der Waals surface area contributed by atoms with E-state index in [0.29, 0.717) is 38.6 Å². The smallest absolute Gasteiger partial charge is 0.132 e. The van der Waals surface area contributed by atoms with Gasteiger partial charge in [0.05, 0.1) is 18.8 Å². The van der Waals surface area contributed by atoms with E-state index in [1.807, 2.05) is 6.07 Å².